The topological polar surface area (TPSA) is 405 Å². The molecule has 0 radical (unpaired) electrons. The number of carboxylic acids is 1. The summed E-state index contributed by atoms with van der Waals surface area (Å²) in [4.78, 5) is 28.8. The number of aromatic nitrogens is 3. The largest absolute Gasteiger partial charge is 0.481 e. The number of fused-ring (bicyclic) bond motifs is 2. The number of aliphatic hydroxyl groups excluding tert-OH is 9. The molecular weight excluding hydrogens is 1170 g/mol. The summed E-state index contributed by atoms with van der Waals surface area (Å²) in [5.74, 6) is -8.68. The number of nitrogens with two attached hydrogens (primary N) is 1. The number of halogens is 2. The molecule has 4 heterocycles. The fourth-order valence-electron chi connectivity index (χ4n) is 10.2. The molecule has 3 aliphatic heterocycles. The second kappa shape index (κ2) is 34.6. The molecule has 0 spiro atoms. The molecule has 5 rings (SSSR count). The number of esters is 1. The molecule has 488 valence electrons. The zero-order valence-electron chi connectivity index (χ0n) is 49.5. The predicted octanol–water partition coefficient (Wildman–Crippen LogP) is 1.59. The highest BCUT2D eigenvalue weighted by atomic mass is 32.2. The molecule has 0 amide bonds. The number of hydrogen-bond donors (Lipinski definition) is 13. The van der Waals surface area contributed by atoms with Crippen LogP contribution in [0.4, 0.5) is 8.78 Å². The maximum atomic E-state index is 14.1. The van der Waals surface area contributed by atoms with Crippen LogP contribution in [0.3, 0.4) is 0 Å². The Morgan fingerprint density at radius 3 is 1.95 bits per heavy atom. The number of rotatable bonds is 8. The van der Waals surface area contributed by atoms with Gasteiger partial charge in [0.2, 0.25) is 0 Å². The molecule has 27 heteroatoms. The van der Waals surface area contributed by atoms with Gasteiger partial charge in [0.15, 0.2) is 21.9 Å². The minimum atomic E-state index is -3.71. The molecule has 1 aromatic carbocycles. The standard InChI is InChI=1S/C47H73NO17.C13H15F2N3O3S/c1-27-17-15-13-11-9-7-5-6-8-10-12-14-16-18-34(64-46-44(58)41(48)43(57)30(4)63-46)24-38-40(45(59)60)37(54)26-47(61,65-38)25-33(51)21-31(49)19-20-35(52)36(53)22-32(50)23-39(55)62-29(3)28(2)42(27)56;1-9(22(2,20)21)13(19,6-18-8-16-7-17-18)11-4-3-10(14)5-12(11)15/h5-18,27-38,40-44,46,49-54,56-58,61H,19-26,48H2,1-4H3,(H,59,60);3-5,7-9,19H,6H2,1-2H3/b6-5+,9-7+,10-8+,13-11+,14-12+,17-15-,18-16+;/t27-,28+,29-,30?,31-,32+,33-,34-,35-,36-,37-,38-,40+,41?,42+,43?,44?,46?,47+;/m0./s1. The SMILES string of the molecule is CC(C(O)(Cn1cncn1)c1ccc(F)cc1F)S(C)(=O)=O.CC1OC(O[C@H]2/C=C/C=C/C=C/C=C/C=C/C=C/C=C\[C@H](C)[C@@H](O)[C@H](C)[C@H](C)OC(=O)C[C@H](O)C[C@H](O)[C@@H](O)CC[C@H](O)C[C@H](O)C[C@]3(O)C[C@H](O)[C@@H](C(=O)O)[C@H](C2)O3)C(O)C(N)C1O. The van der Waals surface area contributed by atoms with Crippen LogP contribution in [0, 0.1) is 29.4 Å². The number of allylic oxidation sites excluding steroid dienone is 12. The first kappa shape index (κ1) is 74.2. The van der Waals surface area contributed by atoms with Crippen LogP contribution in [-0.2, 0) is 50.5 Å². The Hall–Kier alpha value is -5.31. The molecule has 1 aromatic heterocycles. The summed E-state index contributed by atoms with van der Waals surface area (Å²) in [5.41, 5.74) is 3.58. The number of carbonyl (C=O) groups is 2. The van der Waals surface area contributed by atoms with E-state index >= 15 is 0 Å². The van der Waals surface area contributed by atoms with E-state index in [1.807, 2.05) is 13.0 Å². The quantitative estimate of drug-likeness (QED) is 0.167. The number of ether oxygens (including phenoxy) is 4. The van der Waals surface area contributed by atoms with Crippen LogP contribution in [0.5, 0.6) is 0 Å². The van der Waals surface area contributed by atoms with Crippen molar-refractivity contribution in [3.8, 4) is 0 Å². The van der Waals surface area contributed by atoms with Crippen molar-refractivity contribution in [1.29, 1.82) is 0 Å². The third-order valence-corrected chi connectivity index (χ3v) is 17.3. The smallest absolute Gasteiger partial charge is 0.311 e. The lowest BCUT2D eigenvalue weighted by atomic mass is 9.82. The first-order valence-corrected chi connectivity index (χ1v) is 30.6. The molecule has 7 unspecified atom stereocenters. The van der Waals surface area contributed by atoms with E-state index in [0.29, 0.717) is 6.07 Å². The Balaban J connectivity index is 0.000000612. The van der Waals surface area contributed by atoms with Crippen molar-refractivity contribution in [1.82, 2.24) is 14.8 Å². The molecule has 21 atom stereocenters. The normalized spacial score (nSPS) is 38.1. The van der Waals surface area contributed by atoms with Crippen molar-refractivity contribution in [3.05, 3.63) is 133 Å². The third-order valence-electron chi connectivity index (χ3n) is 15.6. The van der Waals surface area contributed by atoms with Crippen molar-refractivity contribution >= 4 is 21.8 Å². The Labute approximate surface area is 505 Å². The predicted molar refractivity (Wildman–Crippen MR) is 312 cm³/mol. The van der Waals surface area contributed by atoms with Gasteiger partial charge in [0.05, 0.1) is 91.4 Å². The van der Waals surface area contributed by atoms with Crippen molar-refractivity contribution < 1.29 is 107 Å². The number of cyclic esters (lactones) is 1. The monoisotopic (exact) mass is 1250 g/mol. The summed E-state index contributed by atoms with van der Waals surface area (Å²) in [7, 11) is -3.71. The van der Waals surface area contributed by atoms with E-state index in [4.69, 9.17) is 24.7 Å². The molecular formula is C60H88F2N4O20S. The van der Waals surface area contributed by atoms with Crippen LogP contribution in [0.15, 0.2) is 116 Å². The minimum absolute atomic E-state index is 0.140. The van der Waals surface area contributed by atoms with Crippen LogP contribution < -0.4 is 5.73 Å². The van der Waals surface area contributed by atoms with Gasteiger partial charge in [0, 0.05) is 55.4 Å². The molecule has 3 aliphatic rings. The van der Waals surface area contributed by atoms with Crippen molar-refractivity contribution in [2.45, 2.75) is 201 Å². The van der Waals surface area contributed by atoms with E-state index in [2.05, 4.69) is 10.1 Å². The molecule has 2 bridgehead atoms. The number of carboxylic acid groups (broad SMARTS) is 1. The average Bonchev–Trinajstić information content (AvgIpc) is 2.06. The zero-order chi connectivity index (χ0) is 65.0. The molecule has 0 saturated carbocycles. The maximum Gasteiger partial charge on any atom is 0.311 e. The summed E-state index contributed by atoms with van der Waals surface area (Å²) < 4.78 is 75.2. The van der Waals surface area contributed by atoms with E-state index in [1.54, 1.807) is 86.8 Å². The van der Waals surface area contributed by atoms with Crippen LogP contribution in [0.1, 0.15) is 91.5 Å². The van der Waals surface area contributed by atoms with Gasteiger partial charge in [-0.25, -0.2) is 26.9 Å². The summed E-state index contributed by atoms with van der Waals surface area (Å²) in [6, 6.07) is 1.44. The van der Waals surface area contributed by atoms with E-state index < -0.39 is 179 Å². The summed E-state index contributed by atoms with van der Waals surface area (Å²) >= 11 is 0. The second-order valence-corrected chi connectivity index (χ2v) is 25.0. The van der Waals surface area contributed by atoms with Gasteiger partial charge in [-0.2, -0.15) is 5.10 Å². The molecule has 24 nitrogen and oxygen atoms in total. The lowest BCUT2D eigenvalue weighted by molar-refractivity contribution is -0.308. The van der Waals surface area contributed by atoms with Crippen molar-refractivity contribution in [3.63, 3.8) is 0 Å². The van der Waals surface area contributed by atoms with Crippen LogP contribution in [-0.4, -0.2) is 205 Å². The van der Waals surface area contributed by atoms with Crippen molar-refractivity contribution in [2.24, 2.45) is 23.5 Å². The summed E-state index contributed by atoms with van der Waals surface area (Å²) in [6.07, 6.45) is 6.95. The molecule has 2 saturated heterocycles. The van der Waals surface area contributed by atoms with Gasteiger partial charge < -0.3 is 86.0 Å². The summed E-state index contributed by atoms with van der Waals surface area (Å²) in [5, 5.41) is 131. The second-order valence-electron chi connectivity index (χ2n) is 22.7. The number of sulfone groups is 1. The van der Waals surface area contributed by atoms with E-state index in [-0.39, 0.29) is 43.7 Å². The highest BCUT2D eigenvalue weighted by Crippen LogP contribution is 2.39. The molecule has 14 N–H and O–H groups in total. The number of aliphatic hydroxyl groups is 11. The fourth-order valence-corrected chi connectivity index (χ4v) is 11.1. The number of carbonyl (C=O) groups excluding carboxylic acids is 1. The highest BCUT2D eigenvalue weighted by Gasteiger charge is 2.51. The van der Waals surface area contributed by atoms with E-state index in [1.165, 1.54) is 37.3 Å². The average molecular weight is 1260 g/mol. The third kappa shape index (κ3) is 23.2. The Morgan fingerprint density at radius 2 is 1.39 bits per heavy atom. The molecule has 0 aliphatic carbocycles. The number of benzene rings is 1. The molecule has 2 fully saturated rings. The number of aliphatic carboxylic acids is 1. The van der Waals surface area contributed by atoms with Gasteiger partial charge in [-0.1, -0.05) is 105 Å². The Bertz CT molecular complexity index is 2790. The minimum Gasteiger partial charge on any atom is -0.481 e. The maximum absolute atomic E-state index is 14.1. The number of nitrogens with zero attached hydrogens (tertiary/aromatic N) is 3. The van der Waals surface area contributed by atoms with Gasteiger partial charge >= 0.3 is 11.9 Å². The van der Waals surface area contributed by atoms with Crippen molar-refractivity contribution in [2.75, 3.05) is 6.26 Å². The molecule has 2 aromatic rings. The van der Waals surface area contributed by atoms with Gasteiger partial charge in [-0.3, -0.25) is 9.59 Å². The summed E-state index contributed by atoms with van der Waals surface area (Å²) in [6.45, 7) is 7.63. The van der Waals surface area contributed by atoms with Crippen LogP contribution >= 0.6 is 0 Å². The van der Waals surface area contributed by atoms with Crippen LogP contribution in [0.25, 0.3) is 0 Å². The van der Waals surface area contributed by atoms with Gasteiger partial charge in [-0.05, 0) is 46.1 Å². The lowest BCUT2D eigenvalue weighted by Crippen LogP contribution is -2.61. The van der Waals surface area contributed by atoms with E-state index in [0.717, 1.165) is 18.4 Å². The molecule has 87 heavy (non-hydrogen) atoms. The zero-order valence-corrected chi connectivity index (χ0v) is 50.3. The van der Waals surface area contributed by atoms with Crippen LogP contribution in [0.2, 0.25) is 0 Å². The van der Waals surface area contributed by atoms with Gasteiger partial charge in [0.1, 0.15) is 48.0 Å². The van der Waals surface area contributed by atoms with E-state index in [9.17, 15) is 88.1 Å². The number of hydrogen-bond acceptors (Lipinski definition) is 22. The first-order chi connectivity index (χ1) is 40.8. The Morgan fingerprint density at radius 1 is 0.793 bits per heavy atom. The fraction of sp³-hybridized carbons (Fsp3) is 0.600. The Kier molecular flexibility index (Phi) is 29.5. The first-order valence-electron chi connectivity index (χ1n) is 28.7. The highest BCUT2D eigenvalue weighted by molar-refractivity contribution is 7.91. The van der Waals surface area contributed by atoms with Gasteiger partial charge in [0.25, 0.3) is 0 Å². The lowest BCUT2D eigenvalue weighted by Gasteiger charge is -2.45. The van der Waals surface area contributed by atoms with Gasteiger partial charge in [-0.15, -0.1) is 0 Å².